The minimum absolute atomic E-state index is 0.000101. The number of amides is 3. The second kappa shape index (κ2) is 16.4. The van der Waals surface area contributed by atoms with Gasteiger partial charge in [0.05, 0.1) is 24.5 Å². The maximum atomic E-state index is 13.1. The number of carbonyl (C=O) groups is 4. The molecule has 2 unspecified atom stereocenters. The van der Waals surface area contributed by atoms with E-state index >= 15 is 0 Å². The molecule has 3 aliphatic rings. The van der Waals surface area contributed by atoms with Crippen molar-refractivity contribution < 1.29 is 43.6 Å². The standard InChI is InChI=1S/C27H36N2O6.C7H13NO3S/c1-16-8-6-7-9-19-15-21(34-26(32)28-19)17(2)25-27(3,35-25)11-10-23(30)29(4)20-13-18(12-16)14-22(33-5)24(20)31;1-5(7(10)11)8(2)6(9)3-4-12/h6-8,13-14,17,19,21,25,31H,9-12,15H2,1-5H3,(H,28,32);5,12H,3-4H2,1-2H3,(H,10,11)/b7-6+,16-8+;/t17-,19?,21?,25+,27+;5-/m10/s1. The van der Waals surface area contributed by atoms with Crippen molar-refractivity contribution in [2.45, 2.75) is 96.1 Å². The molecule has 3 aliphatic heterocycles. The molecule has 3 amide bonds. The summed E-state index contributed by atoms with van der Waals surface area (Å²) in [4.78, 5) is 49.5. The Balaban J connectivity index is 0.000000426. The van der Waals surface area contributed by atoms with Gasteiger partial charge in [-0.1, -0.05) is 30.7 Å². The van der Waals surface area contributed by atoms with Gasteiger partial charge in [-0.25, -0.2) is 9.59 Å². The Morgan fingerprint density at radius 1 is 1.30 bits per heavy atom. The van der Waals surface area contributed by atoms with Crippen LogP contribution in [0, 0.1) is 5.92 Å². The zero-order valence-corrected chi connectivity index (χ0v) is 29.2. The Morgan fingerprint density at radius 2 is 2.00 bits per heavy atom. The molecule has 2 fully saturated rings. The van der Waals surface area contributed by atoms with E-state index in [0.29, 0.717) is 42.9 Å². The molecule has 4 rings (SSSR count). The fourth-order valence-corrected chi connectivity index (χ4v) is 6.04. The van der Waals surface area contributed by atoms with E-state index in [4.69, 9.17) is 19.3 Å². The third-order valence-corrected chi connectivity index (χ3v) is 9.31. The second-order valence-electron chi connectivity index (χ2n) is 12.7. The molecule has 0 saturated carbocycles. The van der Waals surface area contributed by atoms with Crippen LogP contribution < -0.4 is 15.0 Å². The number of rotatable bonds is 5. The van der Waals surface area contributed by atoms with E-state index in [1.807, 2.05) is 39.0 Å². The Hall–Kier alpha value is -3.71. The molecule has 1 aromatic rings. The topological polar surface area (TPSA) is 158 Å². The molecule has 13 heteroatoms. The van der Waals surface area contributed by atoms with Crippen molar-refractivity contribution in [3.05, 3.63) is 41.5 Å². The van der Waals surface area contributed by atoms with Crippen molar-refractivity contribution in [2.24, 2.45) is 5.92 Å². The number of aromatic hydroxyl groups is 1. The summed E-state index contributed by atoms with van der Waals surface area (Å²) in [7, 11) is 4.65. The van der Waals surface area contributed by atoms with Crippen molar-refractivity contribution in [3.8, 4) is 11.5 Å². The van der Waals surface area contributed by atoms with Gasteiger partial charge < -0.3 is 39.5 Å². The lowest BCUT2D eigenvalue weighted by Crippen LogP contribution is -2.48. The number of hydrogen-bond acceptors (Lipinski definition) is 9. The average Bonchev–Trinajstić information content (AvgIpc) is 3.71. The summed E-state index contributed by atoms with van der Waals surface area (Å²) in [5.74, 6) is -0.578. The van der Waals surface area contributed by atoms with Gasteiger partial charge in [0.2, 0.25) is 11.8 Å². The summed E-state index contributed by atoms with van der Waals surface area (Å²) < 4.78 is 17.0. The van der Waals surface area contributed by atoms with E-state index in [1.54, 1.807) is 13.1 Å². The molecule has 0 radical (unpaired) electrons. The monoisotopic (exact) mass is 675 g/mol. The van der Waals surface area contributed by atoms with Gasteiger partial charge in [-0.05, 0) is 63.5 Å². The normalized spacial score (nSPS) is 28.5. The number of carboxylic acid groups (broad SMARTS) is 1. The van der Waals surface area contributed by atoms with E-state index in [1.165, 1.54) is 30.9 Å². The summed E-state index contributed by atoms with van der Waals surface area (Å²) in [5.41, 5.74) is 2.01. The van der Waals surface area contributed by atoms with Gasteiger partial charge in [-0.3, -0.25) is 9.59 Å². The minimum atomic E-state index is -0.995. The second-order valence-corrected chi connectivity index (χ2v) is 13.1. The van der Waals surface area contributed by atoms with Crippen molar-refractivity contribution >= 4 is 42.2 Å². The summed E-state index contributed by atoms with van der Waals surface area (Å²) >= 11 is 3.88. The number of carboxylic acids is 1. The molecule has 3 heterocycles. The SMILES string of the molecule is COc1cc2cc(c1O)N(C)C(=O)CC[C@]1(C)O[C@H]1[C@H](C)C1CC(C/C=C/C=C(\C)C2)NC(=O)O1.C[C@@H](C(=O)O)N(C)C(=O)CCS. The number of epoxide rings is 1. The lowest BCUT2D eigenvalue weighted by Gasteiger charge is -2.33. The molecule has 12 nitrogen and oxygen atoms in total. The average molecular weight is 676 g/mol. The van der Waals surface area contributed by atoms with E-state index in [-0.39, 0.29) is 54.6 Å². The number of alkyl carbamates (subject to hydrolysis) is 1. The van der Waals surface area contributed by atoms with Crippen LogP contribution in [0.25, 0.3) is 0 Å². The van der Waals surface area contributed by atoms with E-state index in [9.17, 15) is 24.3 Å². The Labute approximate surface area is 282 Å². The number of nitrogens with one attached hydrogen (secondary N) is 1. The quantitative estimate of drug-likeness (QED) is 0.261. The zero-order valence-electron chi connectivity index (χ0n) is 28.3. The summed E-state index contributed by atoms with van der Waals surface area (Å²) in [6, 6.07) is 2.86. The molecule has 0 spiro atoms. The number of hydrogen-bond donors (Lipinski definition) is 4. The van der Waals surface area contributed by atoms with Crippen LogP contribution in [0.15, 0.2) is 35.9 Å². The Morgan fingerprint density at radius 3 is 2.64 bits per heavy atom. The maximum Gasteiger partial charge on any atom is 0.407 e. The van der Waals surface area contributed by atoms with Gasteiger partial charge in [0.1, 0.15) is 12.1 Å². The summed E-state index contributed by atoms with van der Waals surface area (Å²) in [6.07, 6.45) is 8.51. The first kappa shape index (κ1) is 37.7. The molecule has 260 valence electrons. The van der Waals surface area contributed by atoms with E-state index in [0.717, 1.165) is 11.1 Å². The highest BCUT2D eigenvalue weighted by Crippen LogP contribution is 2.47. The van der Waals surface area contributed by atoms with Crippen LogP contribution in [0.5, 0.6) is 11.5 Å². The molecule has 3 N–H and O–H groups in total. The fourth-order valence-electron chi connectivity index (χ4n) is 5.85. The third-order valence-electron chi connectivity index (χ3n) is 9.09. The molecular formula is C34H49N3O9S. The van der Waals surface area contributed by atoms with Crippen LogP contribution in [0.2, 0.25) is 0 Å². The van der Waals surface area contributed by atoms with Crippen LogP contribution in [0.4, 0.5) is 10.5 Å². The number of phenolic OH excluding ortho intramolecular Hbond substituents is 1. The van der Waals surface area contributed by atoms with Gasteiger partial charge in [-0.2, -0.15) is 12.6 Å². The number of anilines is 1. The van der Waals surface area contributed by atoms with E-state index in [2.05, 4.69) is 24.0 Å². The molecule has 4 bridgehead atoms. The number of likely N-dealkylation sites (N-methyl/N-ethyl adjacent to an activating group) is 1. The maximum absolute atomic E-state index is 13.1. The number of fused-ring (bicyclic) bond motifs is 5. The lowest BCUT2D eigenvalue weighted by molar-refractivity contribution is -0.148. The number of thiol groups is 1. The molecule has 6 atom stereocenters. The van der Waals surface area contributed by atoms with Crippen LogP contribution >= 0.6 is 12.6 Å². The van der Waals surface area contributed by atoms with Crippen LogP contribution in [0.1, 0.15) is 65.4 Å². The Kier molecular flexibility index (Phi) is 13.2. The predicted octanol–water partition coefficient (Wildman–Crippen LogP) is 4.49. The molecule has 0 aliphatic carbocycles. The molecular weight excluding hydrogens is 626 g/mol. The first-order valence-corrected chi connectivity index (χ1v) is 16.5. The van der Waals surface area contributed by atoms with Crippen LogP contribution in [-0.2, 0) is 30.3 Å². The highest BCUT2D eigenvalue weighted by atomic mass is 32.1. The first-order chi connectivity index (χ1) is 22.1. The number of aliphatic carboxylic acids is 1. The van der Waals surface area contributed by atoms with Gasteiger partial charge >= 0.3 is 12.1 Å². The van der Waals surface area contributed by atoms with Gasteiger partial charge in [0.15, 0.2) is 11.5 Å². The minimum Gasteiger partial charge on any atom is -0.503 e. The molecule has 47 heavy (non-hydrogen) atoms. The first-order valence-electron chi connectivity index (χ1n) is 15.8. The molecule has 1 aromatic carbocycles. The smallest absolute Gasteiger partial charge is 0.407 e. The van der Waals surface area contributed by atoms with Crippen LogP contribution in [-0.4, -0.2) is 95.8 Å². The number of phenols is 1. The van der Waals surface area contributed by atoms with Gasteiger partial charge in [-0.15, -0.1) is 0 Å². The van der Waals surface area contributed by atoms with E-state index < -0.39 is 23.7 Å². The molecule has 2 saturated heterocycles. The number of ether oxygens (including phenoxy) is 3. The van der Waals surface area contributed by atoms with Crippen molar-refractivity contribution in [2.75, 3.05) is 31.9 Å². The third kappa shape index (κ3) is 9.90. The molecule has 0 aromatic heterocycles. The number of benzene rings is 1. The number of nitrogens with zero attached hydrogens (tertiary/aromatic N) is 2. The van der Waals surface area contributed by atoms with Crippen LogP contribution in [0.3, 0.4) is 0 Å². The predicted molar refractivity (Wildman–Crippen MR) is 181 cm³/mol. The fraction of sp³-hybridized carbons (Fsp3) is 0.588. The van der Waals surface area contributed by atoms with Gasteiger partial charge in [0, 0.05) is 45.3 Å². The van der Waals surface area contributed by atoms with Crippen molar-refractivity contribution in [1.29, 1.82) is 0 Å². The largest absolute Gasteiger partial charge is 0.503 e. The summed E-state index contributed by atoms with van der Waals surface area (Å²) in [5, 5.41) is 22.2. The summed E-state index contributed by atoms with van der Waals surface area (Å²) in [6.45, 7) is 7.55. The van der Waals surface area contributed by atoms with Crippen molar-refractivity contribution in [3.63, 3.8) is 0 Å². The number of allylic oxidation sites excluding steroid dienone is 3. The van der Waals surface area contributed by atoms with Crippen molar-refractivity contribution in [1.82, 2.24) is 10.2 Å². The zero-order chi connectivity index (χ0) is 35.1. The lowest BCUT2D eigenvalue weighted by atomic mass is 9.86. The highest BCUT2D eigenvalue weighted by molar-refractivity contribution is 7.80. The highest BCUT2D eigenvalue weighted by Gasteiger charge is 2.57. The Bertz CT molecular complexity index is 1380. The van der Waals surface area contributed by atoms with Gasteiger partial charge in [0.25, 0.3) is 0 Å². The number of methoxy groups -OCH3 is 1. The number of carbonyl (C=O) groups excluding carboxylic acids is 3.